The van der Waals surface area contributed by atoms with Crippen LogP contribution in [0.5, 0.6) is 0 Å². The molecule has 6 atom stereocenters. The van der Waals surface area contributed by atoms with E-state index in [1.807, 2.05) is 0 Å². The van der Waals surface area contributed by atoms with E-state index < -0.39 is 72.7 Å². The van der Waals surface area contributed by atoms with Gasteiger partial charge >= 0.3 is 188 Å². The number of aliphatic hydroxyl groups excluding tert-OH is 2. The van der Waals surface area contributed by atoms with Gasteiger partial charge in [0, 0.05) is 0 Å². The van der Waals surface area contributed by atoms with Gasteiger partial charge in [0.15, 0.2) is 0 Å². The van der Waals surface area contributed by atoms with Gasteiger partial charge in [0.05, 0.1) is 0 Å². The zero-order valence-corrected chi connectivity index (χ0v) is 21.4. The number of hydrogen-bond acceptors (Lipinski definition) is 13. The molecule has 35 heavy (non-hydrogen) atoms. The Morgan fingerprint density at radius 1 is 1.14 bits per heavy atom. The van der Waals surface area contributed by atoms with Crippen LogP contribution in [0.25, 0.3) is 0 Å². The molecule has 1 aliphatic heterocycles. The van der Waals surface area contributed by atoms with Crippen molar-refractivity contribution < 1.29 is 71.3 Å². The van der Waals surface area contributed by atoms with Crippen molar-refractivity contribution in [1.29, 1.82) is 0 Å². The van der Waals surface area contributed by atoms with E-state index in [2.05, 4.69) is 39.5 Å². The Hall–Kier alpha value is -0.881. The number of aliphatic carboxylic acids is 1. The molecule has 0 aliphatic carbocycles. The van der Waals surface area contributed by atoms with Gasteiger partial charge in [0.25, 0.3) is 0 Å². The van der Waals surface area contributed by atoms with Gasteiger partial charge in [-0.15, -0.1) is 0 Å². The average molecular weight is 633 g/mol. The number of aliphatic hydroxyl groups is 2. The van der Waals surface area contributed by atoms with Crippen molar-refractivity contribution in [2.24, 2.45) is 0 Å². The van der Waals surface area contributed by atoms with Crippen molar-refractivity contribution in [1.82, 2.24) is 14.9 Å². The number of ether oxygens (including phenoxy) is 1. The van der Waals surface area contributed by atoms with Gasteiger partial charge in [0.1, 0.15) is 0 Å². The molecule has 23 heteroatoms. The molecule has 1 aliphatic rings. The number of aromatic nitrogens is 2. The number of carboxylic acid groups (broad SMARTS) is 1. The van der Waals surface area contributed by atoms with E-state index in [0.717, 1.165) is 10.8 Å². The molecule has 2 unspecified atom stereocenters. The molecule has 1 aromatic heterocycles. The molecule has 1 aromatic rings. The first-order valence-electron chi connectivity index (χ1n) is 8.92. The third-order valence-corrected chi connectivity index (χ3v) is 8.45. The van der Waals surface area contributed by atoms with Crippen molar-refractivity contribution in [3.8, 4) is 0 Å². The van der Waals surface area contributed by atoms with Crippen LogP contribution in [0.3, 0.4) is 0 Å². The van der Waals surface area contributed by atoms with Crippen molar-refractivity contribution in [3.63, 3.8) is 0 Å². The number of nitrogens with one attached hydrogen (secondary N) is 1. The molecule has 2 heterocycles. The fourth-order valence-electron chi connectivity index (χ4n) is 2.67. The molecule has 8 N–H and O–H groups in total. The van der Waals surface area contributed by atoms with Gasteiger partial charge in [-0.1, -0.05) is 0 Å². The molecule has 0 bridgehead atoms. The van der Waals surface area contributed by atoms with Crippen LogP contribution < -0.4 is 15.6 Å². The second kappa shape index (κ2) is 11.7. The van der Waals surface area contributed by atoms with Crippen LogP contribution >= 0.6 is 23.5 Å². The predicted octanol–water partition coefficient (Wildman–Crippen LogP) is -3.83. The minimum absolute atomic E-state index is 0.0350. The zero-order chi connectivity index (χ0) is 26.8. The first-order chi connectivity index (χ1) is 15.9. The maximum atomic E-state index is 12.0. The number of rotatable bonds is 12. The summed E-state index contributed by atoms with van der Waals surface area (Å²) in [5, 5.41) is 31.7. The summed E-state index contributed by atoms with van der Waals surface area (Å²) in [6, 6.07) is 0. The van der Waals surface area contributed by atoms with Gasteiger partial charge in [0.2, 0.25) is 0 Å². The monoisotopic (exact) mass is 634 g/mol. The average Bonchev–Trinajstić information content (AvgIpc) is 2.93. The number of nitrogens with zero attached hydrogens (tertiary/aromatic N) is 2. The van der Waals surface area contributed by atoms with Crippen LogP contribution in [0.15, 0.2) is 11.0 Å². The Morgan fingerprint density at radius 2 is 1.77 bits per heavy atom. The Kier molecular flexibility index (Phi) is 10.1. The maximum absolute atomic E-state index is 12.0. The molecular weight excluding hydrogens is 614 g/mol. The van der Waals surface area contributed by atoms with E-state index in [-0.39, 0.29) is 16.8 Å². The summed E-state index contributed by atoms with van der Waals surface area (Å²) in [5.41, 5.74) is -0.766. The van der Waals surface area contributed by atoms with Gasteiger partial charge in [-0.25, -0.2) is 4.57 Å². The third-order valence-electron chi connectivity index (χ3n) is 4.01. The molecular formula is C12H19N3O16P3Se. The quantitative estimate of drug-likeness (QED) is 0.0808. The number of phosphoric ester groups is 1. The number of carbonyl (C=O) groups is 1. The minimum atomic E-state index is -5.76. The Labute approximate surface area is 202 Å². The van der Waals surface area contributed by atoms with Crippen LogP contribution in [-0.4, -0.2) is 97.9 Å². The van der Waals surface area contributed by atoms with E-state index in [9.17, 15) is 38.4 Å². The van der Waals surface area contributed by atoms with E-state index in [4.69, 9.17) is 24.5 Å². The topological polar surface area (TPSA) is 294 Å². The summed E-state index contributed by atoms with van der Waals surface area (Å²) in [5.74, 6) is -1.18. The van der Waals surface area contributed by atoms with Gasteiger partial charge in [-0.3, -0.25) is 0 Å². The molecule has 2 rings (SSSR count). The van der Waals surface area contributed by atoms with E-state index in [0.29, 0.717) is 0 Å². The van der Waals surface area contributed by atoms with Gasteiger partial charge < -0.3 is 9.79 Å². The Morgan fingerprint density at radius 3 is 2.34 bits per heavy atom. The zero-order valence-electron chi connectivity index (χ0n) is 17.0. The van der Waals surface area contributed by atoms with Crippen molar-refractivity contribution in [2.75, 3.05) is 13.2 Å². The van der Waals surface area contributed by atoms with Crippen LogP contribution in [0.4, 0.5) is 0 Å². The van der Waals surface area contributed by atoms with Crippen molar-refractivity contribution in [2.45, 2.75) is 31.1 Å². The first-order valence-corrected chi connectivity index (χ1v) is 14.3. The van der Waals surface area contributed by atoms with Gasteiger partial charge in [-0.2, -0.15) is 0 Å². The molecule has 0 amide bonds. The second-order valence-corrected chi connectivity index (χ2v) is 11.9. The summed E-state index contributed by atoms with van der Waals surface area (Å²) in [4.78, 5) is 62.0. The fraction of sp³-hybridized carbons (Fsp3) is 0.583. The molecule has 0 spiro atoms. The summed E-state index contributed by atoms with van der Waals surface area (Å²) in [6.07, 6.45) is -5.35. The molecule has 0 saturated carbocycles. The summed E-state index contributed by atoms with van der Waals surface area (Å²) in [7, 11) is -16.9. The molecule has 1 saturated heterocycles. The summed E-state index contributed by atoms with van der Waals surface area (Å²) >= 11 is 2.43. The first kappa shape index (κ1) is 30.3. The fourth-order valence-corrected chi connectivity index (χ4v) is 6.20. The Bertz CT molecular complexity index is 1140. The standard InChI is InChI=1S/C12H19N3O16P3Se/c16-7(17)2-13-1-5-3-15(12(35)14-10(5)20)11-9(19)8(18)6(29-11)4-28-33(24,25)31-34(26,27)30-32(21,22)23/h3,6,8-9,11,13,18-19H,1-2,4H2,(H,16,17)(H,24,25)(H,26,27)(H2,21,22,23)/t6-,8-,9-,11-/m1/s1. The molecule has 1 radical (unpaired) electrons. The van der Waals surface area contributed by atoms with Crippen molar-refractivity contribution in [3.05, 3.63) is 22.1 Å². The van der Waals surface area contributed by atoms with Crippen molar-refractivity contribution >= 4 is 50.2 Å². The number of carboxylic acids is 1. The van der Waals surface area contributed by atoms with E-state index in [1.165, 1.54) is 0 Å². The molecule has 1 fully saturated rings. The second-order valence-electron chi connectivity index (χ2n) is 6.69. The third kappa shape index (κ3) is 9.18. The van der Waals surface area contributed by atoms with Crippen LogP contribution in [0.2, 0.25) is 0 Å². The van der Waals surface area contributed by atoms with Crippen LogP contribution in [-0.2, 0) is 42.9 Å². The molecule has 199 valence electrons. The SMILES string of the molecule is O=C(O)CNCc1cn([C@@H]2O[C@H](COP(=O)(O)OP(=O)(O)OP(=O)(O)O)[C@@H](O)[C@H]2O)c([Se])nc1=O. The summed E-state index contributed by atoms with van der Waals surface area (Å²) < 4.78 is 51.7. The van der Waals surface area contributed by atoms with Crippen LogP contribution in [0, 0.1) is 0 Å². The van der Waals surface area contributed by atoms with E-state index in [1.54, 1.807) is 0 Å². The molecule has 19 nitrogen and oxygen atoms in total. The molecule has 0 aromatic carbocycles. The predicted molar refractivity (Wildman–Crippen MR) is 109 cm³/mol. The Balaban J connectivity index is 2.12. The normalized spacial score (nSPS) is 26.2. The number of hydrogen-bond donors (Lipinski definition) is 8. The summed E-state index contributed by atoms with van der Waals surface area (Å²) in [6.45, 7) is -1.73. The van der Waals surface area contributed by atoms with Gasteiger partial charge in [-0.05, 0) is 0 Å². The van der Waals surface area contributed by atoms with Crippen LogP contribution in [0.1, 0.15) is 11.8 Å². The van der Waals surface area contributed by atoms with E-state index >= 15 is 0 Å². The number of phosphoric acid groups is 3.